The lowest BCUT2D eigenvalue weighted by Crippen LogP contribution is -2.35. The number of aliphatic carboxylic acids is 1. The molecule has 0 aliphatic heterocycles. The number of carbonyl (C=O) groups is 1. The molecular weight excluding hydrogens is 236 g/mol. The number of carboxylic acid groups (broad SMARTS) is 1. The van der Waals surface area contributed by atoms with Crippen LogP contribution in [-0.4, -0.2) is 11.1 Å². The zero-order chi connectivity index (χ0) is 12.6. The third-order valence-electron chi connectivity index (χ3n) is 3.97. The van der Waals surface area contributed by atoms with E-state index in [1.807, 2.05) is 12.1 Å². The van der Waals surface area contributed by atoms with E-state index in [0.29, 0.717) is 0 Å². The van der Waals surface area contributed by atoms with Gasteiger partial charge in [-0.2, -0.15) is 0 Å². The molecule has 1 aliphatic rings. The smallest absolute Gasteiger partial charge is 0.303 e. The monoisotopic (exact) mass is 252 g/mol. The summed E-state index contributed by atoms with van der Waals surface area (Å²) in [6, 6.07) is 5.97. The number of rotatable bonds is 2. The molecular formula is C14H17ClO2. The van der Waals surface area contributed by atoms with E-state index in [1.54, 1.807) is 0 Å². The van der Waals surface area contributed by atoms with Crippen LogP contribution < -0.4 is 0 Å². The lowest BCUT2D eigenvalue weighted by atomic mass is 9.64. The second kappa shape index (κ2) is 4.34. The van der Waals surface area contributed by atoms with Gasteiger partial charge in [0.2, 0.25) is 0 Å². The van der Waals surface area contributed by atoms with Gasteiger partial charge in [-0.15, -0.1) is 0 Å². The van der Waals surface area contributed by atoms with Gasteiger partial charge < -0.3 is 5.11 Å². The van der Waals surface area contributed by atoms with Gasteiger partial charge in [0, 0.05) is 11.4 Å². The molecule has 1 N–H and O–H groups in total. The first kappa shape index (κ1) is 12.4. The van der Waals surface area contributed by atoms with Crippen LogP contribution in [0.3, 0.4) is 0 Å². The standard InChI is InChI=1S/C14H17ClO2/c1-14(2)10(7-13(16)17)5-3-9-4-6-11(15)8-12(9)14/h4,6,8,10H,3,5,7H2,1-2H3,(H,16,17). The van der Waals surface area contributed by atoms with Gasteiger partial charge in [-0.05, 0) is 47.4 Å². The fourth-order valence-corrected chi connectivity index (χ4v) is 3.02. The largest absolute Gasteiger partial charge is 0.481 e. The van der Waals surface area contributed by atoms with Crippen LogP contribution in [0.15, 0.2) is 18.2 Å². The summed E-state index contributed by atoms with van der Waals surface area (Å²) in [7, 11) is 0. The molecule has 0 spiro atoms. The quantitative estimate of drug-likeness (QED) is 0.872. The summed E-state index contributed by atoms with van der Waals surface area (Å²) < 4.78 is 0. The van der Waals surface area contributed by atoms with E-state index in [4.69, 9.17) is 16.7 Å². The average Bonchev–Trinajstić information content (AvgIpc) is 2.23. The third-order valence-corrected chi connectivity index (χ3v) is 4.20. The molecule has 3 heteroatoms. The zero-order valence-electron chi connectivity index (χ0n) is 10.2. The number of fused-ring (bicyclic) bond motifs is 1. The van der Waals surface area contributed by atoms with Gasteiger partial charge >= 0.3 is 5.97 Å². The fraction of sp³-hybridized carbons (Fsp3) is 0.500. The fourth-order valence-electron chi connectivity index (χ4n) is 2.84. The minimum absolute atomic E-state index is 0.114. The highest BCUT2D eigenvalue weighted by molar-refractivity contribution is 6.30. The van der Waals surface area contributed by atoms with E-state index in [2.05, 4.69) is 19.9 Å². The minimum atomic E-state index is -0.714. The Hall–Kier alpha value is -1.02. The van der Waals surface area contributed by atoms with Crippen molar-refractivity contribution in [3.05, 3.63) is 34.3 Å². The Morgan fingerprint density at radius 3 is 2.88 bits per heavy atom. The molecule has 1 aliphatic carbocycles. The number of benzene rings is 1. The first-order valence-corrected chi connectivity index (χ1v) is 6.29. The van der Waals surface area contributed by atoms with E-state index in [-0.39, 0.29) is 17.8 Å². The molecule has 0 saturated heterocycles. The minimum Gasteiger partial charge on any atom is -0.481 e. The van der Waals surface area contributed by atoms with Gasteiger partial charge in [0.1, 0.15) is 0 Å². The maximum Gasteiger partial charge on any atom is 0.303 e. The van der Waals surface area contributed by atoms with Crippen LogP contribution in [0.1, 0.15) is 37.8 Å². The first-order valence-electron chi connectivity index (χ1n) is 5.92. The van der Waals surface area contributed by atoms with Crippen LogP contribution in [0, 0.1) is 5.92 Å². The number of halogens is 1. The molecule has 0 saturated carbocycles. The Kier molecular flexibility index (Phi) is 3.17. The number of aryl methyl sites for hydroxylation is 1. The van der Waals surface area contributed by atoms with Crippen molar-refractivity contribution < 1.29 is 9.90 Å². The van der Waals surface area contributed by atoms with Gasteiger partial charge in [0.25, 0.3) is 0 Å². The average molecular weight is 253 g/mol. The Bertz CT molecular complexity index is 452. The van der Waals surface area contributed by atoms with Crippen molar-refractivity contribution in [1.82, 2.24) is 0 Å². The lowest BCUT2D eigenvalue weighted by molar-refractivity contribution is -0.138. The van der Waals surface area contributed by atoms with Crippen molar-refractivity contribution in [2.75, 3.05) is 0 Å². The SMILES string of the molecule is CC1(C)c2cc(Cl)ccc2CCC1CC(=O)O. The van der Waals surface area contributed by atoms with Gasteiger partial charge in [0.15, 0.2) is 0 Å². The van der Waals surface area contributed by atoms with Crippen molar-refractivity contribution >= 4 is 17.6 Å². The summed E-state index contributed by atoms with van der Waals surface area (Å²) in [4.78, 5) is 10.9. The Labute approximate surface area is 107 Å². The molecule has 1 aromatic carbocycles. The van der Waals surface area contributed by atoms with Crippen LogP contribution in [0.25, 0.3) is 0 Å². The number of hydrogen-bond acceptors (Lipinski definition) is 1. The van der Waals surface area contributed by atoms with Crippen LogP contribution in [-0.2, 0) is 16.6 Å². The molecule has 0 aromatic heterocycles. The molecule has 1 atom stereocenters. The maximum absolute atomic E-state index is 10.9. The normalized spacial score (nSPS) is 21.9. The van der Waals surface area contributed by atoms with Crippen LogP contribution in [0.5, 0.6) is 0 Å². The summed E-state index contributed by atoms with van der Waals surface area (Å²) in [5.41, 5.74) is 2.40. The molecule has 1 aromatic rings. The van der Waals surface area contributed by atoms with Crippen molar-refractivity contribution in [3.63, 3.8) is 0 Å². The van der Waals surface area contributed by atoms with Crippen molar-refractivity contribution in [3.8, 4) is 0 Å². The van der Waals surface area contributed by atoms with E-state index < -0.39 is 5.97 Å². The predicted octanol–water partition coefficient (Wildman–Crippen LogP) is 3.65. The van der Waals surface area contributed by atoms with Crippen LogP contribution in [0.4, 0.5) is 0 Å². The Balaban J connectivity index is 2.39. The Morgan fingerprint density at radius 2 is 2.24 bits per heavy atom. The Morgan fingerprint density at radius 1 is 1.53 bits per heavy atom. The van der Waals surface area contributed by atoms with E-state index in [1.165, 1.54) is 11.1 Å². The molecule has 2 nitrogen and oxygen atoms in total. The molecule has 0 heterocycles. The molecule has 92 valence electrons. The van der Waals surface area contributed by atoms with Gasteiger partial charge in [-0.1, -0.05) is 31.5 Å². The molecule has 0 bridgehead atoms. The zero-order valence-corrected chi connectivity index (χ0v) is 10.9. The topological polar surface area (TPSA) is 37.3 Å². The number of carboxylic acids is 1. The summed E-state index contributed by atoms with van der Waals surface area (Å²) in [5, 5.41) is 9.70. The van der Waals surface area contributed by atoms with Gasteiger partial charge in [0.05, 0.1) is 0 Å². The lowest BCUT2D eigenvalue weighted by Gasteiger charge is -2.40. The summed E-state index contributed by atoms with van der Waals surface area (Å²) in [6.07, 6.45) is 2.13. The van der Waals surface area contributed by atoms with E-state index in [9.17, 15) is 4.79 Å². The van der Waals surface area contributed by atoms with Gasteiger partial charge in [-0.3, -0.25) is 4.79 Å². The van der Waals surface area contributed by atoms with Crippen molar-refractivity contribution in [2.24, 2.45) is 5.92 Å². The molecule has 2 rings (SSSR count). The molecule has 0 radical (unpaired) electrons. The van der Waals surface area contributed by atoms with E-state index in [0.717, 1.165) is 17.9 Å². The highest BCUT2D eigenvalue weighted by Crippen LogP contribution is 2.43. The molecule has 17 heavy (non-hydrogen) atoms. The maximum atomic E-state index is 10.9. The highest BCUT2D eigenvalue weighted by atomic mass is 35.5. The number of hydrogen-bond donors (Lipinski definition) is 1. The van der Waals surface area contributed by atoms with Crippen LogP contribution in [0.2, 0.25) is 5.02 Å². The van der Waals surface area contributed by atoms with Crippen LogP contribution >= 0.6 is 11.6 Å². The highest BCUT2D eigenvalue weighted by Gasteiger charge is 2.37. The molecule has 1 unspecified atom stereocenters. The second-order valence-electron chi connectivity index (χ2n) is 5.36. The van der Waals surface area contributed by atoms with Crippen molar-refractivity contribution in [1.29, 1.82) is 0 Å². The first-order chi connectivity index (χ1) is 7.91. The third kappa shape index (κ3) is 2.32. The summed E-state index contributed by atoms with van der Waals surface area (Å²) >= 11 is 6.04. The van der Waals surface area contributed by atoms with Crippen molar-refractivity contribution in [2.45, 2.75) is 38.5 Å². The molecule has 0 fully saturated rings. The summed E-state index contributed by atoms with van der Waals surface area (Å²) in [6.45, 7) is 4.24. The van der Waals surface area contributed by atoms with Gasteiger partial charge in [-0.25, -0.2) is 0 Å². The second-order valence-corrected chi connectivity index (χ2v) is 5.79. The summed E-state index contributed by atoms with van der Waals surface area (Å²) in [5.74, 6) is -0.528. The van der Waals surface area contributed by atoms with E-state index >= 15 is 0 Å². The molecule has 0 amide bonds. The predicted molar refractivity (Wildman–Crippen MR) is 68.5 cm³/mol.